The number of aryl methyl sites for hydroxylation is 1. The highest BCUT2D eigenvalue weighted by atomic mass is 16.6. The Morgan fingerprint density at radius 3 is 2.18 bits per heavy atom. The number of ether oxygens (including phenoxy) is 2. The molecular formula is C42H63NO6. The Labute approximate surface area is 295 Å². The third-order valence-electron chi connectivity index (χ3n) is 13.6. The molecule has 49 heavy (non-hydrogen) atoms. The van der Waals surface area contributed by atoms with Crippen LogP contribution in [-0.2, 0) is 30.3 Å². The van der Waals surface area contributed by atoms with E-state index in [0.717, 1.165) is 49.7 Å². The van der Waals surface area contributed by atoms with Crippen LogP contribution in [0.2, 0.25) is 0 Å². The summed E-state index contributed by atoms with van der Waals surface area (Å²) < 4.78 is 11.8. The van der Waals surface area contributed by atoms with Gasteiger partial charge in [0.1, 0.15) is 17.5 Å². The van der Waals surface area contributed by atoms with E-state index < -0.39 is 23.7 Å². The van der Waals surface area contributed by atoms with Gasteiger partial charge in [0, 0.05) is 12.3 Å². The first kappa shape index (κ1) is 37.6. The predicted octanol–water partition coefficient (Wildman–Crippen LogP) is 8.82. The number of benzene rings is 1. The molecule has 0 aliphatic heterocycles. The first-order chi connectivity index (χ1) is 22.9. The monoisotopic (exact) mass is 677 g/mol. The van der Waals surface area contributed by atoms with Crippen molar-refractivity contribution in [2.75, 3.05) is 0 Å². The van der Waals surface area contributed by atoms with Crippen LogP contribution < -0.4 is 5.32 Å². The smallest absolute Gasteiger partial charge is 0.408 e. The number of hydrogen-bond donors (Lipinski definition) is 1. The van der Waals surface area contributed by atoms with Crippen molar-refractivity contribution in [3.8, 4) is 0 Å². The van der Waals surface area contributed by atoms with Crippen molar-refractivity contribution < 1.29 is 28.7 Å². The number of alkyl carbamates (subject to hydrolysis) is 1. The molecule has 1 N–H and O–H groups in total. The van der Waals surface area contributed by atoms with E-state index >= 15 is 0 Å². The van der Waals surface area contributed by atoms with Crippen LogP contribution in [0, 0.1) is 59.2 Å². The normalized spacial score (nSPS) is 33.8. The SMILES string of the molecule is CC(=O)[C@H]1CC[C@H]2[C@@H]3CC[C@H]4C[C@H](OC(=O)[C@@H](CC(=O)[C@H](Cc5ccc(C)cc5)NC(=O)OC(C)(C)C)C(C)C)CC[C@]4(C)[C@H]3CC[C@]12C. The number of Topliss-reactive ketones (excluding diaryl/α,β-unsaturated/α-hetero) is 2. The van der Waals surface area contributed by atoms with E-state index in [1.165, 1.54) is 19.3 Å². The summed E-state index contributed by atoms with van der Waals surface area (Å²) in [5, 5.41) is 2.80. The highest BCUT2D eigenvalue weighted by molar-refractivity contribution is 5.91. The molecule has 272 valence electrons. The first-order valence-electron chi connectivity index (χ1n) is 19.2. The maximum absolute atomic E-state index is 13.9. The Balaban J connectivity index is 1.22. The van der Waals surface area contributed by atoms with Gasteiger partial charge in [-0.25, -0.2) is 4.79 Å². The second-order valence-electron chi connectivity index (χ2n) is 18.2. The lowest BCUT2D eigenvalue weighted by molar-refractivity contribution is -0.169. The number of esters is 1. The molecule has 5 rings (SSSR count). The largest absolute Gasteiger partial charge is 0.462 e. The summed E-state index contributed by atoms with van der Waals surface area (Å²) in [5.41, 5.74) is 1.74. The Kier molecular flexibility index (Phi) is 11.1. The average molecular weight is 678 g/mol. The molecule has 10 atom stereocenters. The summed E-state index contributed by atoms with van der Waals surface area (Å²) in [7, 11) is 0. The zero-order valence-electron chi connectivity index (χ0n) is 31.7. The predicted molar refractivity (Wildman–Crippen MR) is 192 cm³/mol. The highest BCUT2D eigenvalue weighted by Gasteiger charge is 2.61. The second kappa shape index (κ2) is 14.5. The molecular weight excluding hydrogens is 614 g/mol. The fourth-order valence-electron chi connectivity index (χ4n) is 10.9. The van der Waals surface area contributed by atoms with Crippen LogP contribution in [0.4, 0.5) is 4.79 Å². The zero-order chi connectivity index (χ0) is 35.9. The Morgan fingerprint density at radius 2 is 1.55 bits per heavy atom. The molecule has 7 heteroatoms. The molecule has 0 radical (unpaired) electrons. The van der Waals surface area contributed by atoms with Crippen LogP contribution in [0.1, 0.15) is 131 Å². The number of ketones is 2. The van der Waals surface area contributed by atoms with Gasteiger partial charge in [0.05, 0.1) is 12.0 Å². The third-order valence-corrected chi connectivity index (χ3v) is 13.6. The summed E-state index contributed by atoms with van der Waals surface area (Å²) >= 11 is 0. The van der Waals surface area contributed by atoms with Crippen LogP contribution in [0.25, 0.3) is 0 Å². The van der Waals surface area contributed by atoms with Gasteiger partial charge in [-0.15, -0.1) is 0 Å². The van der Waals surface area contributed by atoms with Crippen LogP contribution in [0.3, 0.4) is 0 Å². The Hall–Kier alpha value is -2.70. The van der Waals surface area contributed by atoms with Gasteiger partial charge in [0.2, 0.25) is 0 Å². The Bertz CT molecular complexity index is 1380. The maximum atomic E-state index is 13.9. The fourth-order valence-corrected chi connectivity index (χ4v) is 10.9. The van der Waals surface area contributed by atoms with Gasteiger partial charge in [-0.3, -0.25) is 14.4 Å². The summed E-state index contributed by atoms with van der Waals surface area (Å²) in [4.78, 5) is 53.0. The molecule has 0 unspecified atom stereocenters. The first-order valence-corrected chi connectivity index (χ1v) is 19.2. The van der Waals surface area contributed by atoms with Gasteiger partial charge in [-0.2, -0.15) is 0 Å². The van der Waals surface area contributed by atoms with E-state index in [1.807, 2.05) is 45.0 Å². The van der Waals surface area contributed by atoms with E-state index in [4.69, 9.17) is 9.47 Å². The molecule has 4 aliphatic carbocycles. The van der Waals surface area contributed by atoms with E-state index in [-0.39, 0.29) is 46.9 Å². The third kappa shape index (κ3) is 8.12. The number of hydrogen-bond acceptors (Lipinski definition) is 6. The topological polar surface area (TPSA) is 98.8 Å². The average Bonchev–Trinajstić information content (AvgIpc) is 3.37. The van der Waals surface area contributed by atoms with Crippen LogP contribution in [0.5, 0.6) is 0 Å². The molecule has 0 bridgehead atoms. The highest BCUT2D eigenvalue weighted by Crippen LogP contribution is 2.67. The zero-order valence-corrected chi connectivity index (χ0v) is 31.7. The summed E-state index contributed by atoms with van der Waals surface area (Å²) in [6.07, 6.45) is 9.32. The van der Waals surface area contributed by atoms with E-state index in [1.54, 1.807) is 27.7 Å². The number of carbonyl (C=O) groups is 4. The van der Waals surface area contributed by atoms with Gasteiger partial charge in [0.15, 0.2) is 5.78 Å². The molecule has 7 nitrogen and oxygen atoms in total. The molecule has 4 aliphatic rings. The number of carbonyl (C=O) groups excluding carboxylic acids is 4. The molecule has 0 spiro atoms. The van der Waals surface area contributed by atoms with Crippen LogP contribution in [-0.4, -0.2) is 41.4 Å². The molecule has 1 amide bonds. The lowest BCUT2D eigenvalue weighted by atomic mass is 9.44. The molecule has 0 aromatic heterocycles. The van der Waals surface area contributed by atoms with Gasteiger partial charge in [0.25, 0.3) is 0 Å². The Morgan fingerprint density at radius 1 is 0.898 bits per heavy atom. The van der Waals surface area contributed by atoms with Crippen molar-refractivity contribution in [1.82, 2.24) is 5.32 Å². The maximum Gasteiger partial charge on any atom is 0.408 e. The summed E-state index contributed by atoms with van der Waals surface area (Å²) in [5.74, 6) is 1.97. The number of nitrogens with one attached hydrogen (secondary N) is 1. The fraction of sp³-hybridized carbons (Fsp3) is 0.762. The minimum Gasteiger partial charge on any atom is -0.462 e. The lowest BCUT2D eigenvalue weighted by Gasteiger charge is -2.61. The van der Waals surface area contributed by atoms with Gasteiger partial charge in [-0.1, -0.05) is 57.5 Å². The number of amides is 1. The van der Waals surface area contributed by atoms with Gasteiger partial charge < -0.3 is 14.8 Å². The van der Waals surface area contributed by atoms with E-state index in [2.05, 4.69) is 19.2 Å². The lowest BCUT2D eigenvalue weighted by Crippen LogP contribution is -2.54. The van der Waals surface area contributed by atoms with Crippen molar-refractivity contribution in [1.29, 1.82) is 0 Å². The van der Waals surface area contributed by atoms with E-state index in [9.17, 15) is 19.2 Å². The van der Waals surface area contributed by atoms with Crippen molar-refractivity contribution in [2.45, 2.75) is 151 Å². The quantitative estimate of drug-likeness (QED) is 0.249. The molecule has 4 saturated carbocycles. The molecule has 1 aromatic rings. The van der Waals surface area contributed by atoms with E-state index in [0.29, 0.717) is 35.9 Å². The molecule has 0 saturated heterocycles. The van der Waals surface area contributed by atoms with Crippen LogP contribution >= 0.6 is 0 Å². The van der Waals surface area contributed by atoms with Gasteiger partial charge in [-0.05, 0) is 145 Å². The standard InChI is InChI=1S/C42H63NO6/c1-25(2)32(24-37(45)36(43-39(47)49-40(5,6)7)22-28-12-10-26(3)11-13-28)38(46)48-30-18-20-41(8)29(23-30)14-15-31-34-17-16-33(27(4)44)42(34,9)21-19-35(31)41/h10-13,25,29-36H,14-24H2,1-9H3,(H,43,47)/t29-,30+,31-,32-,33+,34-,35-,36-,41-,42+/m0/s1. The minimum absolute atomic E-state index is 0.00184. The molecule has 0 heterocycles. The molecule has 1 aromatic carbocycles. The summed E-state index contributed by atoms with van der Waals surface area (Å²) in [6, 6.07) is 7.09. The van der Waals surface area contributed by atoms with Crippen molar-refractivity contribution in [2.24, 2.45) is 52.3 Å². The van der Waals surface area contributed by atoms with Crippen molar-refractivity contribution >= 4 is 23.6 Å². The number of fused-ring (bicyclic) bond motifs is 5. The number of rotatable bonds is 10. The summed E-state index contributed by atoms with van der Waals surface area (Å²) in [6.45, 7) is 18.0. The van der Waals surface area contributed by atoms with Gasteiger partial charge >= 0.3 is 12.1 Å². The van der Waals surface area contributed by atoms with Crippen LogP contribution in [0.15, 0.2) is 24.3 Å². The molecule has 4 fully saturated rings. The minimum atomic E-state index is -0.819. The van der Waals surface area contributed by atoms with Crippen molar-refractivity contribution in [3.63, 3.8) is 0 Å². The van der Waals surface area contributed by atoms with Crippen molar-refractivity contribution in [3.05, 3.63) is 35.4 Å². The second-order valence-corrected chi connectivity index (χ2v) is 18.2.